The quantitative estimate of drug-likeness (QED) is 0.717. The van der Waals surface area contributed by atoms with E-state index in [1.165, 1.54) is 0 Å². The molecular weight excluding hydrogens is 268 g/mol. The molecule has 0 saturated carbocycles. The van der Waals surface area contributed by atoms with Gasteiger partial charge in [-0.05, 0) is 38.2 Å². The Labute approximate surface area is 125 Å². The summed E-state index contributed by atoms with van der Waals surface area (Å²) in [7, 11) is 1.88. The number of ether oxygens (including phenoxy) is 1. The lowest BCUT2D eigenvalue weighted by atomic mass is 10.2. The van der Waals surface area contributed by atoms with E-state index in [4.69, 9.17) is 9.84 Å². The molecule has 1 aromatic rings. The van der Waals surface area contributed by atoms with Crippen LogP contribution < -0.4 is 10.1 Å². The lowest BCUT2D eigenvalue weighted by Gasteiger charge is -2.16. The van der Waals surface area contributed by atoms with Crippen molar-refractivity contribution in [3.8, 4) is 17.6 Å². The van der Waals surface area contributed by atoms with Crippen molar-refractivity contribution in [2.75, 3.05) is 39.9 Å². The average Bonchev–Trinajstić information content (AvgIpc) is 2.46. The molecule has 1 rings (SSSR count). The van der Waals surface area contributed by atoms with Crippen molar-refractivity contribution >= 4 is 5.91 Å². The molecule has 0 spiro atoms. The van der Waals surface area contributed by atoms with Crippen LogP contribution in [0.3, 0.4) is 0 Å². The van der Waals surface area contributed by atoms with Crippen LogP contribution in [0.25, 0.3) is 0 Å². The van der Waals surface area contributed by atoms with Gasteiger partial charge >= 0.3 is 0 Å². The summed E-state index contributed by atoms with van der Waals surface area (Å²) in [6.45, 7) is 3.95. The number of rotatable bonds is 7. The van der Waals surface area contributed by atoms with Crippen LogP contribution >= 0.6 is 0 Å². The van der Waals surface area contributed by atoms with Gasteiger partial charge in [-0.2, -0.15) is 0 Å². The molecule has 21 heavy (non-hydrogen) atoms. The van der Waals surface area contributed by atoms with Crippen LogP contribution in [0, 0.1) is 11.8 Å². The number of aliphatic hydroxyl groups excluding tert-OH is 1. The summed E-state index contributed by atoms with van der Waals surface area (Å²) >= 11 is 0. The third kappa shape index (κ3) is 7.35. The van der Waals surface area contributed by atoms with Gasteiger partial charge in [0.25, 0.3) is 0 Å². The van der Waals surface area contributed by atoms with Gasteiger partial charge in [0.1, 0.15) is 19.0 Å². The second-order valence-electron chi connectivity index (χ2n) is 4.52. The number of amides is 1. The topological polar surface area (TPSA) is 61.8 Å². The molecule has 0 aliphatic heterocycles. The molecule has 0 bridgehead atoms. The predicted molar refractivity (Wildman–Crippen MR) is 82.1 cm³/mol. The molecule has 0 heterocycles. The van der Waals surface area contributed by atoms with Crippen molar-refractivity contribution in [1.29, 1.82) is 0 Å². The van der Waals surface area contributed by atoms with Crippen LogP contribution in [0.1, 0.15) is 12.5 Å². The number of nitrogens with zero attached hydrogens (tertiary/aromatic N) is 1. The van der Waals surface area contributed by atoms with Crippen LogP contribution in [0.5, 0.6) is 5.75 Å². The van der Waals surface area contributed by atoms with Gasteiger partial charge in [-0.3, -0.25) is 9.69 Å². The Morgan fingerprint density at radius 1 is 1.38 bits per heavy atom. The summed E-state index contributed by atoms with van der Waals surface area (Å²) in [5.41, 5.74) is 0.838. The fourth-order valence-corrected chi connectivity index (χ4v) is 1.67. The zero-order valence-electron chi connectivity index (χ0n) is 12.6. The van der Waals surface area contributed by atoms with E-state index in [1.807, 2.05) is 43.1 Å². The monoisotopic (exact) mass is 290 g/mol. The van der Waals surface area contributed by atoms with Gasteiger partial charge in [-0.1, -0.05) is 11.8 Å². The number of aliphatic hydroxyl groups is 1. The number of likely N-dealkylation sites (N-methyl/N-ethyl adjacent to an activating group) is 2. The van der Waals surface area contributed by atoms with E-state index in [0.29, 0.717) is 26.2 Å². The molecule has 5 heteroatoms. The minimum Gasteiger partial charge on any atom is -0.492 e. The molecule has 0 atom stereocenters. The van der Waals surface area contributed by atoms with Crippen molar-refractivity contribution in [1.82, 2.24) is 10.2 Å². The number of carbonyl (C=O) groups is 1. The molecule has 0 aliphatic carbocycles. The maximum absolute atomic E-state index is 11.4. The van der Waals surface area contributed by atoms with Gasteiger partial charge in [0, 0.05) is 18.7 Å². The molecular formula is C16H22N2O3. The number of nitrogens with one attached hydrogen (secondary N) is 1. The van der Waals surface area contributed by atoms with Gasteiger partial charge in [0.15, 0.2) is 0 Å². The van der Waals surface area contributed by atoms with Gasteiger partial charge in [-0.25, -0.2) is 0 Å². The number of hydrogen-bond donors (Lipinski definition) is 2. The van der Waals surface area contributed by atoms with E-state index in [-0.39, 0.29) is 12.5 Å². The molecule has 0 aromatic heterocycles. The maximum atomic E-state index is 11.4. The SMILES string of the molecule is CCNC(=O)CN(C)CCOc1ccc(C#CCO)cc1. The van der Waals surface area contributed by atoms with Crippen LogP contribution in [-0.4, -0.2) is 55.8 Å². The number of benzene rings is 1. The van der Waals surface area contributed by atoms with E-state index in [1.54, 1.807) is 0 Å². The first-order valence-corrected chi connectivity index (χ1v) is 6.93. The van der Waals surface area contributed by atoms with E-state index in [2.05, 4.69) is 17.2 Å². The largest absolute Gasteiger partial charge is 0.492 e. The molecule has 2 N–H and O–H groups in total. The summed E-state index contributed by atoms with van der Waals surface area (Å²) in [5.74, 6) is 6.19. The van der Waals surface area contributed by atoms with Crippen molar-refractivity contribution in [2.45, 2.75) is 6.92 Å². The third-order valence-corrected chi connectivity index (χ3v) is 2.70. The Morgan fingerprint density at radius 2 is 2.10 bits per heavy atom. The highest BCUT2D eigenvalue weighted by Crippen LogP contribution is 2.11. The van der Waals surface area contributed by atoms with Crippen LogP contribution in [0.4, 0.5) is 0 Å². The van der Waals surface area contributed by atoms with Gasteiger partial charge < -0.3 is 15.2 Å². The van der Waals surface area contributed by atoms with Crippen LogP contribution in [0.2, 0.25) is 0 Å². The fourth-order valence-electron chi connectivity index (χ4n) is 1.67. The van der Waals surface area contributed by atoms with Crippen molar-refractivity contribution in [3.05, 3.63) is 29.8 Å². The lowest BCUT2D eigenvalue weighted by molar-refractivity contribution is -0.121. The summed E-state index contributed by atoms with van der Waals surface area (Å²) < 4.78 is 5.61. The van der Waals surface area contributed by atoms with Gasteiger partial charge in [0.2, 0.25) is 5.91 Å². The van der Waals surface area contributed by atoms with Crippen molar-refractivity contribution in [2.24, 2.45) is 0 Å². The first-order chi connectivity index (χ1) is 10.2. The molecule has 0 saturated heterocycles. The second-order valence-corrected chi connectivity index (χ2v) is 4.52. The first kappa shape index (κ1) is 17.0. The summed E-state index contributed by atoms with van der Waals surface area (Å²) in [6, 6.07) is 7.36. The Kier molecular flexibility index (Phi) is 7.95. The molecule has 1 aromatic carbocycles. The van der Waals surface area contributed by atoms with Gasteiger partial charge in [-0.15, -0.1) is 0 Å². The zero-order valence-corrected chi connectivity index (χ0v) is 12.6. The normalized spacial score (nSPS) is 9.90. The fraction of sp³-hybridized carbons (Fsp3) is 0.438. The average molecular weight is 290 g/mol. The highest BCUT2D eigenvalue weighted by molar-refractivity contribution is 5.77. The Bertz CT molecular complexity index is 488. The maximum Gasteiger partial charge on any atom is 0.234 e. The minimum atomic E-state index is -0.143. The Hall–Kier alpha value is -2.03. The lowest BCUT2D eigenvalue weighted by Crippen LogP contribution is -2.36. The van der Waals surface area contributed by atoms with E-state index < -0.39 is 0 Å². The van der Waals surface area contributed by atoms with E-state index >= 15 is 0 Å². The van der Waals surface area contributed by atoms with E-state index in [9.17, 15) is 4.79 Å². The molecule has 114 valence electrons. The van der Waals surface area contributed by atoms with Crippen LogP contribution in [0.15, 0.2) is 24.3 Å². The molecule has 0 radical (unpaired) electrons. The third-order valence-electron chi connectivity index (χ3n) is 2.70. The summed E-state index contributed by atoms with van der Waals surface area (Å²) in [4.78, 5) is 13.3. The van der Waals surface area contributed by atoms with Crippen LogP contribution in [-0.2, 0) is 4.79 Å². The second kappa shape index (κ2) is 9.81. The smallest absolute Gasteiger partial charge is 0.234 e. The van der Waals surface area contributed by atoms with Crippen molar-refractivity contribution in [3.63, 3.8) is 0 Å². The summed E-state index contributed by atoms with van der Waals surface area (Å²) in [6.07, 6.45) is 0. The van der Waals surface area contributed by atoms with E-state index in [0.717, 1.165) is 11.3 Å². The summed E-state index contributed by atoms with van der Waals surface area (Å²) in [5, 5.41) is 11.4. The highest BCUT2D eigenvalue weighted by atomic mass is 16.5. The standard InChI is InChI=1S/C16H22N2O3/c1-3-17-16(20)13-18(2)10-12-21-15-8-6-14(7-9-15)5-4-11-19/h6-9,19H,3,10-13H2,1-2H3,(H,17,20). The molecule has 1 amide bonds. The Balaban J connectivity index is 2.30. The number of carbonyl (C=O) groups excluding carboxylic acids is 1. The van der Waals surface area contributed by atoms with Crippen molar-refractivity contribution < 1.29 is 14.6 Å². The van der Waals surface area contributed by atoms with Gasteiger partial charge in [0.05, 0.1) is 6.54 Å². The highest BCUT2D eigenvalue weighted by Gasteiger charge is 2.05. The number of hydrogen-bond acceptors (Lipinski definition) is 4. The molecule has 5 nitrogen and oxygen atoms in total. The molecule has 0 fully saturated rings. The minimum absolute atomic E-state index is 0.0202. The molecule has 0 unspecified atom stereocenters. The first-order valence-electron chi connectivity index (χ1n) is 6.93. The molecule has 0 aliphatic rings. The zero-order chi connectivity index (χ0) is 15.5. The predicted octanol–water partition coefficient (Wildman–Crippen LogP) is 0.477. The Morgan fingerprint density at radius 3 is 2.71 bits per heavy atom.